The van der Waals surface area contributed by atoms with Gasteiger partial charge in [-0.1, -0.05) is 52.2 Å². The third-order valence-corrected chi connectivity index (χ3v) is 9.12. The Bertz CT molecular complexity index is 1160. The van der Waals surface area contributed by atoms with Gasteiger partial charge in [0.25, 0.3) is 0 Å². The molecule has 0 radical (unpaired) electrons. The average Bonchev–Trinajstić information content (AvgIpc) is 3.19. The molecule has 0 amide bonds. The largest absolute Gasteiger partial charge is 0.395 e. The maximum absolute atomic E-state index is 9.28. The highest BCUT2D eigenvalue weighted by Crippen LogP contribution is 2.43. The van der Waals surface area contributed by atoms with Crippen LogP contribution in [0.3, 0.4) is 0 Å². The number of nitrogens with zero attached hydrogens (tertiary/aromatic N) is 3. The molecule has 2 aromatic carbocycles. The van der Waals surface area contributed by atoms with Crippen molar-refractivity contribution in [3.05, 3.63) is 51.0 Å². The fraction of sp³-hybridized carbons (Fsp3) is 0.480. The molecule has 0 bridgehead atoms. The summed E-state index contributed by atoms with van der Waals surface area (Å²) >= 11 is 20.8. The van der Waals surface area contributed by atoms with Gasteiger partial charge in [0.15, 0.2) is 5.13 Å². The second-order valence-electron chi connectivity index (χ2n) is 9.39. The van der Waals surface area contributed by atoms with Gasteiger partial charge in [0.1, 0.15) is 0 Å². The minimum Gasteiger partial charge on any atom is -0.395 e. The molecule has 0 unspecified atom stereocenters. The Balaban J connectivity index is 1.30. The van der Waals surface area contributed by atoms with Crippen molar-refractivity contribution in [3.8, 4) is 0 Å². The van der Waals surface area contributed by atoms with Gasteiger partial charge >= 0.3 is 0 Å². The normalized spacial score (nSPS) is 20.5. The van der Waals surface area contributed by atoms with E-state index in [1.54, 1.807) is 17.4 Å². The number of likely N-dealkylation sites (tertiary alicyclic amines) is 1. The van der Waals surface area contributed by atoms with Crippen LogP contribution in [0.4, 0.5) is 10.8 Å². The summed E-state index contributed by atoms with van der Waals surface area (Å²) in [7, 11) is 0. The van der Waals surface area contributed by atoms with Crippen LogP contribution in [-0.4, -0.2) is 54.3 Å². The number of aliphatic hydroxyl groups excluding tert-OH is 1. The number of piperidine rings is 1. The number of thiazole rings is 1. The van der Waals surface area contributed by atoms with Crippen LogP contribution in [0.25, 0.3) is 10.2 Å². The van der Waals surface area contributed by atoms with E-state index < -0.39 is 0 Å². The van der Waals surface area contributed by atoms with E-state index in [0.717, 1.165) is 59.3 Å². The number of anilines is 2. The van der Waals surface area contributed by atoms with Crippen molar-refractivity contribution in [2.45, 2.75) is 25.8 Å². The van der Waals surface area contributed by atoms with Gasteiger partial charge in [-0.15, -0.1) is 0 Å². The first kappa shape index (κ1) is 24.4. The fourth-order valence-electron chi connectivity index (χ4n) is 5.16. The van der Waals surface area contributed by atoms with Gasteiger partial charge in [-0.3, -0.25) is 0 Å². The Hall–Kier alpha value is -1.28. The highest BCUT2D eigenvalue weighted by atomic mass is 35.5. The number of hydrogen-bond donors (Lipinski definition) is 2. The van der Waals surface area contributed by atoms with Crippen molar-refractivity contribution < 1.29 is 5.11 Å². The number of hydrogen-bond acceptors (Lipinski definition) is 6. The Kier molecular flexibility index (Phi) is 7.45. The Labute approximate surface area is 219 Å². The number of aromatic nitrogens is 1. The average molecular weight is 540 g/mol. The second-order valence-corrected chi connectivity index (χ2v) is 11.6. The predicted octanol–water partition coefficient (Wildman–Crippen LogP) is 6.57. The molecule has 0 aliphatic carbocycles. The first-order valence-corrected chi connectivity index (χ1v) is 13.8. The second kappa shape index (κ2) is 10.4. The molecule has 2 aliphatic rings. The van der Waals surface area contributed by atoms with Crippen LogP contribution < -0.4 is 10.2 Å². The summed E-state index contributed by atoms with van der Waals surface area (Å²) in [5.41, 5.74) is 2.82. The van der Waals surface area contributed by atoms with Crippen molar-refractivity contribution >= 4 is 67.2 Å². The SMILES string of the molecule is C[C@@H](Nc1c(Cl)ccc2nc(N3CC([C@H]4CCCN(CCO)C4)C3)sc12)c1ccc(Cl)cc1Cl. The molecule has 9 heteroatoms. The molecule has 34 heavy (non-hydrogen) atoms. The van der Waals surface area contributed by atoms with Crippen LogP contribution in [0.2, 0.25) is 15.1 Å². The summed E-state index contributed by atoms with van der Waals surface area (Å²) < 4.78 is 1.06. The van der Waals surface area contributed by atoms with E-state index in [9.17, 15) is 5.11 Å². The lowest BCUT2D eigenvalue weighted by Gasteiger charge is -2.46. The summed E-state index contributed by atoms with van der Waals surface area (Å²) in [4.78, 5) is 9.72. The molecule has 182 valence electrons. The van der Waals surface area contributed by atoms with Crippen LogP contribution in [-0.2, 0) is 0 Å². The molecule has 2 N–H and O–H groups in total. The molecule has 0 spiro atoms. The van der Waals surface area contributed by atoms with E-state index in [4.69, 9.17) is 39.8 Å². The number of nitrogens with one attached hydrogen (secondary N) is 1. The summed E-state index contributed by atoms with van der Waals surface area (Å²) in [6.07, 6.45) is 2.51. The van der Waals surface area contributed by atoms with Crippen molar-refractivity contribution in [2.24, 2.45) is 11.8 Å². The molecule has 5 rings (SSSR count). The number of fused-ring (bicyclic) bond motifs is 1. The lowest BCUT2D eigenvalue weighted by Crippen LogP contribution is -2.53. The minimum atomic E-state index is -0.0417. The maximum Gasteiger partial charge on any atom is 0.186 e. The zero-order valence-electron chi connectivity index (χ0n) is 19.1. The van der Waals surface area contributed by atoms with Crippen LogP contribution in [0.5, 0.6) is 0 Å². The summed E-state index contributed by atoms with van der Waals surface area (Å²) in [5, 5.41) is 15.8. The van der Waals surface area contributed by atoms with Gasteiger partial charge < -0.3 is 20.2 Å². The molecule has 2 fully saturated rings. The summed E-state index contributed by atoms with van der Waals surface area (Å²) in [6, 6.07) is 9.42. The molecule has 2 aliphatic heterocycles. The van der Waals surface area contributed by atoms with Crippen LogP contribution in [0.15, 0.2) is 30.3 Å². The van der Waals surface area contributed by atoms with Crippen LogP contribution in [0.1, 0.15) is 31.4 Å². The summed E-state index contributed by atoms with van der Waals surface area (Å²) in [5.74, 6) is 1.41. The zero-order valence-corrected chi connectivity index (χ0v) is 22.2. The van der Waals surface area contributed by atoms with Gasteiger partial charge in [0.05, 0.1) is 33.6 Å². The number of β-amino-alcohol motifs (C(OH)–C–C–N with tert-alkyl or cyclic N) is 1. The molecular formula is C25H29Cl3N4OS. The topological polar surface area (TPSA) is 51.6 Å². The Morgan fingerprint density at radius 1 is 1.12 bits per heavy atom. The van der Waals surface area contributed by atoms with Crippen LogP contribution in [0, 0.1) is 11.8 Å². The number of aliphatic hydroxyl groups is 1. The predicted molar refractivity (Wildman–Crippen MR) is 145 cm³/mol. The van der Waals surface area contributed by atoms with Gasteiger partial charge in [-0.25, -0.2) is 4.98 Å². The van der Waals surface area contributed by atoms with E-state index in [1.165, 1.54) is 12.8 Å². The lowest BCUT2D eigenvalue weighted by atomic mass is 9.81. The minimum absolute atomic E-state index is 0.0417. The quantitative estimate of drug-likeness (QED) is 0.356. The van der Waals surface area contributed by atoms with E-state index in [2.05, 4.69) is 22.0 Å². The molecule has 3 heterocycles. The van der Waals surface area contributed by atoms with Crippen molar-refractivity contribution in [1.29, 1.82) is 0 Å². The molecule has 2 saturated heterocycles. The van der Waals surface area contributed by atoms with E-state index in [0.29, 0.717) is 26.9 Å². The molecule has 0 saturated carbocycles. The standard InChI is InChI=1S/C25H29Cl3N4OS/c1-15(19-5-4-18(26)11-21(19)28)29-23-20(27)6-7-22-24(23)34-25(30-22)32-13-17(14-32)16-3-2-8-31(12-16)9-10-33/h4-7,11,15-17,29,33H,2-3,8-10,12-14H2,1H3/t15-,16+/m1/s1. The molecular weight excluding hydrogens is 511 g/mol. The van der Waals surface area contributed by atoms with Crippen molar-refractivity contribution in [1.82, 2.24) is 9.88 Å². The molecule has 2 atom stereocenters. The van der Waals surface area contributed by atoms with Crippen LogP contribution >= 0.6 is 46.1 Å². The zero-order chi connectivity index (χ0) is 23.8. The highest BCUT2D eigenvalue weighted by Gasteiger charge is 2.37. The van der Waals surface area contributed by atoms with Gasteiger partial charge in [0, 0.05) is 36.2 Å². The first-order chi connectivity index (χ1) is 16.4. The molecule has 5 nitrogen and oxygen atoms in total. The Morgan fingerprint density at radius 2 is 1.94 bits per heavy atom. The first-order valence-electron chi connectivity index (χ1n) is 11.8. The smallest absolute Gasteiger partial charge is 0.186 e. The van der Waals surface area contributed by atoms with E-state index >= 15 is 0 Å². The van der Waals surface area contributed by atoms with Gasteiger partial charge in [-0.2, -0.15) is 0 Å². The van der Waals surface area contributed by atoms with Crippen molar-refractivity contribution in [2.75, 3.05) is 49.5 Å². The van der Waals surface area contributed by atoms with Gasteiger partial charge in [0.2, 0.25) is 0 Å². The summed E-state index contributed by atoms with van der Waals surface area (Å²) in [6.45, 7) is 7.42. The number of benzene rings is 2. The lowest BCUT2D eigenvalue weighted by molar-refractivity contribution is 0.102. The fourth-order valence-corrected chi connectivity index (χ4v) is 7.09. The highest BCUT2D eigenvalue weighted by molar-refractivity contribution is 7.22. The maximum atomic E-state index is 9.28. The van der Waals surface area contributed by atoms with E-state index in [-0.39, 0.29) is 12.6 Å². The molecule has 3 aromatic rings. The number of rotatable bonds is 7. The third kappa shape index (κ3) is 4.99. The van der Waals surface area contributed by atoms with Gasteiger partial charge in [-0.05, 0) is 68.0 Å². The third-order valence-electron chi connectivity index (χ3n) is 7.09. The van der Waals surface area contributed by atoms with E-state index in [1.807, 2.05) is 24.3 Å². The Morgan fingerprint density at radius 3 is 2.71 bits per heavy atom. The monoisotopic (exact) mass is 538 g/mol. The van der Waals surface area contributed by atoms with Crippen molar-refractivity contribution in [3.63, 3.8) is 0 Å². The molecule has 1 aromatic heterocycles. The number of halogens is 3.